The van der Waals surface area contributed by atoms with E-state index in [0.717, 1.165) is 11.6 Å². The summed E-state index contributed by atoms with van der Waals surface area (Å²) in [5, 5.41) is 17.5. The second-order valence-corrected chi connectivity index (χ2v) is 3.16. The third kappa shape index (κ3) is 2.39. The minimum atomic E-state index is -1.04. The summed E-state index contributed by atoms with van der Waals surface area (Å²) in [6.07, 6.45) is 2.41. The van der Waals surface area contributed by atoms with Gasteiger partial charge >= 0.3 is 5.97 Å². The highest BCUT2D eigenvalue weighted by Gasteiger charge is 2.09. The minimum absolute atomic E-state index is 0.403. The molecule has 82 valence electrons. The van der Waals surface area contributed by atoms with Gasteiger partial charge in [0.15, 0.2) is 0 Å². The molecule has 0 bridgehead atoms. The van der Waals surface area contributed by atoms with Gasteiger partial charge in [-0.15, -0.1) is 0 Å². The normalized spacial score (nSPS) is 10.1. The first-order chi connectivity index (χ1) is 7.60. The van der Waals surface area contributed by atoms with E-state index >= 15 is 0 Å². The van der Waals surface area contributed by atoms with Crippen LogP contribution in [0.3, 0.4) is 0 Å². The van der Waals surface area contributed by atoms with Crippen LogP contribution in [0.15, 0.2) is 18.2 Å². The van der Waals surface area contributed by atoms with E-state index in [1.807, 2.05) is 6.07 Å². The number of ether oxygens (including phenoxy) is 1. The van der Waals surface area contributed by atoms with E-state index in [4.69, 9.17) is 15.1 Å². The number of nitriles is 1. The SMILES string of the molecule is COc1c(/C=C/C(=O)O)ccc(C)c1C#N. The maximum atomic E-state index is 10.4. The minimum Gasteiger partial charge on any atom is -0.495 e. The molecule has 0 unspecified atom stereocenters. The first-order valence-electron chi connectivity index (χ1n) is 4.59. The number of rotatable bonds is 3. The molecular weight excluding hydrogens is 206 g/mol. The monoisotopic (exact) mass is 217 g/mol. The Bertz CT molecular complexity index is 484. The van der Waals surface area contributed by atoms with Crippen LogP contribution in [-0.4, -0.2) is 18.2 Å². The van der Waals surface area contributed by atoms with E-state index in [9.17, 15) is 4.79 Å². The number of hydrogen-bond acceptors (Lipinski definition) is 3. The molecule has 0 aliphatic heterocycles. The molecule has 0 heterocycles. The van der Waals surface area contributed by atoms with Gasteiger partial charge in [0.1, 0.15) is 11.8 Å². The largest absolute Gasteiger partial charge is 0.495 e. The van der Waals surface area contributed by atoms with Crippen LogP contribution < -0.4 is 4.74 Å². The van der Waals surface area contributed by atoms with Gasteiger partial charge in [-0.05, 0) is 18.6 Å². The Labute approximate surface area is 93.4 Å². The summed E-state index contributed by atoms with van der Waals surface area (Å²) in [5.74, 6) is -0.638. The molecule has 0 saturated carbocycles. The number of nitrogens with zero attached hydrogens (tertiary/aromatic N) is 1. The van der Waals surface area contributed by atoms with E-state index in [1.165, 1.54) is 13.2 Å². The second-order valence-electron chi connectivity index (χ2n) is 3.16. The molecule has 0 fully saturated rings. The molecule has 4 nitrogen and oxygen atoms in total. The molecule has 0 aliphatic carbocycles. The van der Waals surface area contributed by atoms with E-state index < -0.39 is 5.97 Å². The molecule has 0 aromatic heterocycles. The first-order valence-corrected chi connectivity index (χ1v) is 4.59. The quantitative estimate of drug-likeness (QED) is 0.786. The van der Waals surface area contributed by atoms with Crippen molar-refractivity contribution in [3.8, 4) is 11.8 Å². The second kappa shape index (κ2) is 4.99. The fourth-order valence-electron chi connectivity index (χ4n) is 1.35. The third-order valence-corrected chi connectivity index (χ3v) is 2.12. The number of carboxylic acids is 1. The summed E-state index contributed by atoms with van der Waals surface area (Å²) in [6, 6.07) is 5.51. The molecule has 0 aliphatic rings. The average molecular weight is 217 g/mol. The number of aliphatic carboxylic acids is 1. The van der Waals surface area contributed by atoms with Crippen LogP contribution in [0.2, 0.25) is 0 Å². The number of hydrogen-bond donors (Lipinski definition) is 1. The Morgan fingerprint density at radius 2 is 2.25 bits per heavy atom. The Kier molecular flexibility index (Phi) is 3.67. The van der Waals surface area contributed by atoms with Gasteiger partial charge in [0.2, 0.25) is 0 Å². The van der Waals surface area contributed by atoms with Crippen molar-refractivity contribution >= 4 is 12.0 Å². The van der Waals surface area contributed by atoms with Gasteiger partial charge in [0.05, 0.1) is 12.7 Å². The van der Waals surface area contributed by atoms with Gasteiger partial charge in [-0.3, -0.25) is 0 Å². The van der Waals surface area contributed by atoms with Crippen LogP contribution in [0.25, 0.3) is 6.08 Å². The number of methoxy groups -OCH3 is 1. The van der Waals surface area contributed by atoms with E-state index in [1.54, 1.807) is 19.1 Å². The van der Waals surface area contributed by atoms with Crippen LogP contribution in [-0.2, 0) is 4.79 Å². The highest BCUT2D eigenvalue weighted by molar-refractivity contribution is 5.86. The number of carboxylic acid groups (broad SMARTS) is 1. The van der Waals surface area contributed by atoms with E-state index in [2.05, 4.69) is 0 Å². The topological polar surface area (TPSA) is 70.3 Å². The van der Waals surface area contributed by atoms with Crippen molar-refractivity contribution in [3.63, 3.8) is 0 Å². The van der Waals surface area contributed by atoms with Crippen LogP contribution in [0.4, 0.5) is 0 Å². The van der Waals surface area contributed by atoms with Crippen molar-refractivity contribution in [3.05, 3.63) is 34.9 Å². The molecule has 0 saturated heterocycles. The Balaban J connectivity index is 3.31. The molecule has 16 heavy (non-hydrogen) atoms. The fraction of sp³-hybridized carbons (Fsp3) is 0.167. The van der Waals surface area contributed by atoms with Gasteiger partial charge in [0, 0.05) is 11.6 Å². The Hall–Kier alpha value is -2.28. The Morgan fingerprint density at radius 3 is 2.75 bits per heavy atom. The van der Waals surface area contributed by atoms with E-state index in [0.29, 0.717) is 16.9 Å². The zero-order chi connectivity index (χ0) is 12.1. The smallest absolute Gasteiger partial charge is 0.328 e. The molecule has 0 radical (unpaired) electrons. The molecule has 0 atom stereocenters. The van der Waals surface area contributed by atoms with Crippen molar-refractivity contribution in [1.29, 1.82) is 5.26 Å². The number of carbonyl (C=O) groups is 1. The van der Waals surface area contributed by atoms with Crippen LogP contribution in [0.5, 0.6) is 5.75 Å². The standard InChI is InChI=1S/C12H11NO3/c1-8-3-4-9(5-6-11(14)15)12(16-2)10(8)7-13/h3-6H,1-2H3,(H,14,15)/b6-5+. The fourth-order valence-corrected chi connectivity index (χ4v) is 1.35. The summed E-state index contributed by atoms with van der Waals surface area (Å²) in [4.78, 5) is 10.4. The molecule has 4 heteroatoms. The van der Waals surface area contributed by atoms with Crippen LogP contribution in [0.1, 0.15) is 16.7 Å². The molecular formula is C12H11NO3. The van der Waals surface area contributed by atoms with Crippen molar-refractivity contribution in [2.24, 2.45) is 0 Å². The summed E-state index contributed by atoms with van der Waals surface area (Å²) >= 11 is 0. The summed E-state index contributed by atoms with van der Waals surface area (Å²) in [5.41, 5.74) is 1.80. The van der Waals surface area contributed by atoms with Crippen molar-refractivity contribution in [1.82, 2.24) is 0 Å². The maximum Gasteiger partial charge on any atom is 0.328 e. The molecule has 1 N–H and O–H groups in total. The first kappa shape index (κ1) is 11.8. The molecule has 0 amide bonds. The van der Waals surface area contributed by atoms with Crippen LogP contribution in [0, 0.1) is 18.3 Å². The predicted octanol–water partition coefficient (Wildman–Crippen LogP) is 1.97. The van der Waals surface area contributed by atoms with Gasteiger partial charge in [-0.1, -0.05) is 12.1 Å². The highest BCUT2D eigenvalue weighted by Crippen LogP contribution is 2.27. The third-order valence-electron chi connectivity index (χ3n) is 2.12. The average Bonchev–Trinajstić information content (AvgIpc) is 2.26. The van der Waals surface area contributed by atoms with Gasteiger partial charge < -0.3 is 9.84 Å². The maximum absolute atomic E-state index is 10.4. The number of aryl methyl sites for hydroxylation is 1. The Morgan fingerprint density at radius 1 is 1.56 bits per heavy atom. The number of benzene rings is 1. The summed E-state index contributed by atoms with van der Waals surface area (Å²) in [7, 11) is 1.45. The zero-order valence-electron chi connectivity index (χ0n) is 9.02. The molecule has 0 spiro atoms. The summed E-state index contributed by atoms with van der Waals surface area (Å²) in [6.45, 7) is 1.80. The predicted molar refractivity (Wildman–Crippen MR) is 59.1 cm³/mol. The molecule has 1 rings (SSSR count). The lowest BCUT2D eigenvalue weighted by atomic mass is 10.0. The lowest BCUT2D eigenvalue weighted by Crippen LogP contribution is -1.95. The molecule has 1 aromatic rings. The van der Waals surface area contributed by atoms with E-state index in [-0.39, 0.29) is 0 Å². The highest BCUT2D eigenvalue weighted by atomic mass is 16.5. The molecule has 1 aromatic carbocycles. The summed E-state index contributed by atoms with van der Waals surface area (Å²) < 4.78 is 5.11. The van der Waals surface area contributed by atoms with Crippen molar-refractivity contribution in [2.45, 2.75) is 6.92 Å². The van der Waals surface area contributed by atoms with Gasteiger partial charge in [-0.25, -0.2) is 4.79 Å². The van der Waals surface area contributed by atoms with Crippen molar-refractivity contribution in [2.75, 3.05) is 7.11 Å². The van der Waals surface area contributed by atoms with Gasteiger partial charge in [-0.2, -0.15) is 5.26 Å². The van der Waals surface area contributed by atoms with Crippen LogP contribution >= 0.6 is 0 Å². The lowest BCUT2D eigenvalue weighted by molar-refractivity contribution is -0.131. The lowest BCUT2D eigenvalue weighted by Gasteiger charge is -2.08. The van der Waals surface area contributed by atoms with Crippen molar-refractivity contribution < 1.29 is 14.6 Å². The zero-order valence-corrected chi connectivity index (χ0v) is 9.02. The van der Waals surface area contributed by atoms with Gasteiger partial charge in [0.25, 0.3) is 0 Å².